The highest BCUT2D eigenvalue weighted by atomic mass is 127. The van der Waals surface area contributed by atoms with Gasteiger partial charge in [0, 0.05) is 19.6 Å². The average Bonchev–Trinajstić information content (AvgIpc) is 2.44. The van der Waals surface area contributed by atoms with E-state index in [1.807, 2.05) is 26.0 Å². The summed E-state index contributed by atoms with van der Waals surface area (Å²) >= 11 is 0. The lowest BCUT2D eigenvalue weighted by atomic mass is 10.1. The van der Waals surface area contributed by atoms with E-state index in [2.05, 4.69) is 48.5 Å². The minimum Gasteiger partial charge on any atom is -0.491 e. The van der Waals surface area contributed by atoms with Crippen LogP contribution in [0.3, 0.4) is 0 Å². The SMILES string of the molecule is CN=C(NCc1ccc(OC(C)C)cc1)NC(C)C(C)C.I. The van der Waals surface area contributed by atoms with Crippen LogP contribution in [0.1, 0.15) is 40.2 Å². The number of rotatable bonds is 6. The Morgan fingerprint density at radius 2 is 1.68 bits per heavy atom. The van der Waals surface area contributed by atoms with Gasteiger partial charge in [-0.05, 0) is 44.4 Å². The molecule has 0 saturated heterocycles. The van der Waals surface area contributed by atoms with E-state index in [1.54, 1.807) is 7.05 Å². The van der Waals surface area contributed by atoms with E-state index in [1.165, 1.54) is 5.56 Å². The summed E-state index contributed by atoms with van der Waals surface area (Å²) in [6.07, 6.45) is 0.203. The topological polar surface area (TPSA) is 45.7 Å². The summed E-state index contributed by atoms with van der Waals surface area (Å²) in [6, 6.07) is 8.54. The maximum Gasteiger partial charge on any atom is 0.191 e. The molecule has 0 aliphatic rings. The molecule has 1 aromatic rings. The molecule has 1 aromatic carbocycles. The molecule has 126 valence electrons. The van der Waals surface area contributed by atoms with E-state index in [-0.39, 0.29) is 30.1 Å². The summed E-state index contributed by atoms with van der Waals surface area (Å²) in [6.45, 7) is 11.3. The van der Waals surface area contributed by atoms with Gasteiger partial charge in [-0.25, -0.2) is 0 Å². The van der Waals surface area contributed by atoms with Crippen molar-refractivity contribution >= 4 is 29.9 Å². The minimum atomic E-state index is 0. The maximum absolute atomic E-state index is 5.64. The zero-order valence-electron chi connectivity index (χ0n) is 14.5. The van der Waals surface area contributed by atoms with Crippen molar-refractivity contribution in [2.45, 2.75) is 53.3 Å². The molecule has 4 nitrogen and oxygen atoms in total. The fourth-order valence-electron chi connectivity index (χ4n) is 1.72. The van der Waals surface area contributed by atoms with E-state index >= 15 is 0 Å². The normalized spacial score (nSPS) is 12.8. The Morgan fingerprint density at radius 1 is 1.09 bits per heavy atom. The lowest BCUT2D eigenvalue weighted by Gasteiger charge is -2.20. The van der Waals surface area contributed by atoms with Crippen LogP contribution in [0.15, 0.2) is 29.3 Å². The quantitative estimate of drug-likeness (QED) is 0.419. The second-order valence-corrected chi connectivity index (χ2v) is 5.91. The maximum atomic E-state index is 5.64. The van der Waals surface area contributed by atoms with Crippen molar-refractivity contribution in [3.63, 3.8) is 0 Å². The van der Waals surface area contributed by atoms with Gasteiger partial charge in [0.25, 0.3) is 0 Å². The molecular weight excluding hydrogens is 389 g/mol. The molecule has 0 radical (unpaired) electrons. The predicted molar refractivity (Wildman–Crippen MR) is 105 cm³/mol. The van der Waals surface area contributed by atoms with Gasteiger partial charge in [0.05, 0.1) is 6.10 Å². The molecule has 2 N–H and O–H groups in total. The summed E-state index contributed by atoms with van der Waals surface area (Å²) in [5.41, 5.74) is 1.20. The molecule has 0 fully saturated rings. The molecule has 0 aliphatic heterocycles. The van der Waals surface area contributed by atoms with E-state index < -0.39 is 0 Å². The summed E-state index contributed by atoms with van der Waals surface area (Å²) in [5.74, 6) is 2.31. The number of halogens is 1. The fourth-order valence-corrected chi connectivity index (χ4v) is 1.72. The molecule has 1 rings (SSSR count). The number of benzene rings is 1. The van der Waals surface area contributed by atoms with Crippen molar-refractivity contribution in [3.8, 4) is 5.75 Å². The number of nitrogens with zero attached hydrogens (tertiary/aromatic N) is 1. The molecule has 0 spiro atoms. The number of aliphatic imine (C=N–C) groups is 1. The van der Waals surface area contributed by atoms with Crippen molar-refractivity contribution in [1.29, 1.82) is 0 Å². The van der Waals surface area contributed by atoms with Gasteiger partial charge in [-0.1, -0.05) is 26.0 Å². The second-order valence-electron chi connectivity index (χ2n) is 5.91. The van der Waals surface area contributed by atoms with Crippen molar-refractivity contribution in [2.24, 2.45) is 10.9 Å². The Balaban J connectivity index is 0.00000441. The van der Waals surface area contributed by atoms with Crippen LogP contribution in [-0.4, -0.2) is 25.2 Å². The molecule has 0 aromatic heterocycles. The standard InChI is InChI=1S/C17H29N3O.HI/c1-12(2)14(5)20-17(18-6)19-11-15-7-9-16(10-8-15)21-13(3)4;/h7-10,12-14H,11H2,1-6H3,(H2,18,19,20);1H. The molecule has 22 heavy (non-hydrogen) atoms. The summed E-state index contributed by atoms with van der Waals surface area (Å²) in [5, 5.41) is 6.72. The van der Waals surface area contributed by atoms with E-state index in [4.69, 9.17) is 4.74 Å². The number of ether oxygens (including phenoxy) is 1. The molecule has 1 unspecified atom stereocenters. The van der Waals surface area contributed by atoms with Crippen molar-refractivity contribution in [3.05, 3.63) is 29.8 Å². The van der Waals surface area contributed by atoms with Gasteiger partial charge in [0.15, 0.2) is 5.96 Å². The predicted octanol–water partition coefficient (Wildman–Crippen LogP) is 3.80. The lowest BCUT2D eigenvalue weighted by molar-refractivity contribution is 0.242. The van der Waals surface area contributed by atoms with Crippen molar-refractivity contribution in [2.75, 3.05) is 7.05 Å². The monoisotopic (exact) mass is 419 g/mol. The zero-order chi connectivity index (χ0) is 15.8. The lowest BCUT2D eigenvalue weighted by Crippen LogP contribution is -2.43. The molecule has 1 atom stereocenters. The number of nitrogens with one attached hydrogen (secondary N) is 2. The molecule has 0 aliphatic carbocycles. The van der Waals surface area contributed by atoms with Gasteiger partial charge in [-0.2, -0.15) is 0 Å². The van der Waals surface area contributed by atoms with Crippen LogP contribution in [0, 0.1) is 5.92 Å². The molecule has 0 heterocycles. The molecular formula is C17H30IN3O. The Hall–Kier alpha value is -0.980. The average molecular weight is 419 g/mol. The summed E-state index contributed by atoms with van der Waals surface area (Å²) in [4.78, 5) is 4.25. The first kappa shape index (κ1) is 21.0. The largest absolute Gasteiger partial charge is 0.491 e. The van der Waals surface area contributed by atoms with Crippen LogP contribution in [0.5, 0.6) is 5.75 Å². The number of hydrogen-bond acceptors (Lipinski definition) is 2. The van der Waals surface area contributed by atoms with Crippen LogP contribution in [-0.2, 0) is 6.54 Å². The summed E-state index contributed by atoms with van der Waals surface area (Å²) in [7, 11) is 1.79. The van der Waals surface area contributed by atoms with Gasteiger partial charge in [-0.3, -0.25) is 4.99 Å². The minimum absolute atomic E-state index is 0. The fraction of sp³-hybridized carbons (Fsp3) is 0.588. The Morgan fingerprint density at radius 3 is 2.14 bits per heavy atom. The van der Waals surface area contributed by atoms with E-state index in [0.29, 0.717) is 12.0 Å². The Bertz CT molecular complexity index is 444. The molecule has 0 amide bonds. The Labute approximate surface area is 152 Å². The van der Waals surface area contributed by atoms with Gasteiger partial charge < -0.3 is 15.4 Å². The zero-order valence-corrected chi connectivity index (χ0v) is 16.8. The highest BCUT2D eigenvalue weighted by Crippen LogP contribution is 2.13. The van der Waals surface area contributed by atoms with E-state index in [9.17, 15) is 0 Å². The first-order valence-corrected chi connectivity index (χ1v) is 7.65. The first-order chi connectivity index (χ1) is 9.92. The number of hydrogen-bond donors (Lipinski definition) is 2. The molecule has 5 heteroatoms. The van der Waals surface area contributed by atoms with Crippen LogP contribution in [0.2, 0.25) is 0 Å². The second kappa shape index (κ2) is 10.7. The first-order valence-electron chi connectivity index (χ1n) is 7.65. The molecule has 0 saturated carbocycles. The smallest absolute Gasteiger partial charge is 0.191 e. The van der Waals surface area contributed by atoms with Gasteiger partial charge >= 0.3 is 0 Å². The third kappa shape index (κ3) is 7.87. The number of guanidine groups is 1. The highest BCUT2D eigenvalue weighted by molar-refractivity contribution is 14.0. The van der Waals surface area contributed by atoms with Gasteiger partial charge in [0.2, 0.25) is 0 Å². The highest BCUT2D eigenvalue weighted by Gasteiger charge is 2.08. The van der Waals surface area contributed by atoms with Crippen LogP contribution in [0.4, 0.5) is 0 Å². The Kier molecular flexibility index (Phi) is 10.2. The van der Waals surface area contributed by atoms with Crippen molar-refractivity contribution in [1.82, 2.24) is 10.6 Å². The van der Waals surface area contributed by atoms with Crippen LogP contribution >= 0.6 is 24.0 Å². The molecule has 0 bridgehead atoms. The van der Waals surface area contributed by atoms with Crippen LogP contribution < -0.4 is 15.4 Å². The van der Waals surface area contributed by atoms with Gasteiger partial charge in [-0.15, -0.1) is 24.0 Å². The van der Waals surface area contributed by atoms with E-state index in [0.717, 1.165) is 18.3 Å². The van der Waals surface area contributed by atoms with Crippen LogP contribution in [0.25, 0.3) is 0 Å². The third-order valence-electron chi connectivity index (χ3n) is 3.34. The van der Waals surface area contributed by atoms with Gasteiger partial charge in [0.1, 0.15) is 5.75 Å². The summed E-state index contributed by atoms with van der Waals surface area (Å²) < 4.78 is 5.64. The van der Waals surface area contributed by atoms with Crippen molar-refractivity contribution < 1.29 is 4.74 Å². The third-order valence-corrected chi connectivity index (χ3v) is 3.34.